The van der Waals surface area contributed by atoms with Gasteiger partial charge in [-0.05, 0) is 23.2 Å². The topological polar surface area (TPSA) is 71.5 Å². The Hall–Kier alpha value is -1.62. The molecule has 1 aromatic carbocycles. The Labute approximate surface area is 84.8 Å². The first-order chi connectivity index (χ1) is 6.81. The lowest BCUT2D eigenvalue weighted by Gasteiger charge is -2.00. The van der Waals surface area contributed by atoms with Crippen molar-refractivity contribution in [1.82, 2.24) is 4.37 Å². The predicted octanol–water partition coefficient (Wildman–Crippen LogP) is 1.59. The quantitative estimate of drug-likeness (QED) is 0.340. The van der Waals surface area contributed by atoms with Crippen LogP contribution in [0.15, 0.2) is 29.6 Å². The number of amidine groups is 1. The second kappa shape index (κ2) is 3.63. The monoisotopic (exact) mass is 207 g/mol. The van der Waals surface area contributed by atoms with Crippen molar-refractivity contribution in [3.05, 3.63) is 30.0 Å². The average molecular weight is 207 g/mol. The first-order valence-electron chi connectivity index (χ1n) is 4.10. The van der Waals surface area contributed by atoms with Crippen molar-refractivity contribution >= 4 is 27.5 Å². The van der Waals surface area contributed by atoms with Crippen LogP contribution >= 0.6 is 11.5 Å². The van der Waals surface area contributed by atoms with Gasteiger partial charge in [-0.1, -0.05) is 17.3 Å². The van der Waals surface area contributed by atoms with Gasteiger partial charge in [-0.2, -0.15) is 4.37 Å². The number of nitrogens with zero attached hydrogens (tertiary/aromatic N) is 2. The van der Waals surface area contributed by atoms with E-state index < -0.39 is 0 Å². The molecule has 0 aliphatic heterocycles. The van der Waals surface area contributed by atoms with Crippen molar-refractivity contribution in [2.45, 2.75) is 6.42 Å². The molecule has 2 rings (SSSR count). The van der Waals surface area contributed by atoms with Crippen LogP contribution in [0.2, 0.25) is 0 Å². The SMILES string of the molecule is N/C(Cc1cccc2sncc12)=N\O. The molecule has 0 atom stereocenters. The summed E-state index contributed by atoms with van der Waals surface area (Å²) >= 11 is 1.44. The molecule has 14 heavy (non-hydrogen) atoms. The molecule has 0 saturated heterocycles. The van der Waals surface area contributed by atoms with Crippen molar-refractivity contribution in [2.75, 3.05) is 0 Å². The van der Waals surface area contributed by atoms with Crippen LogP contribution in [0.4, 0.5) is 0 Å². The number of nitrogens with two attached hydrogens (primary N) is 1. The molecule has 0 bridgehead atoms. The number of hydrogen-bond acceptors (Lipinski definition) is 4. The number of aromatic nitrogens is 1. The summed E-state index contributed by atoms with van der Waals surface area (Å²) in [5.74, 6) is 0.212. The van der Waals surface area contributed by atoms with E-state index in [1.807, 2.05) is 18.2 Å². The lowest BCUT2D eigenvalue weighted by atomic mass is 10.1. The number of benzene rings is 1. The average Bonchev–Trinajstić information content (AvgIpc) is 2.66. The molecule has 0 fully saturated rings. The fraction of sp³-hybridized carbons (Fsp3) is 0.111. The van der Waals surface area contributed by atoms with Crippen LogP contribution in [0, 0.1) is 0 Å². The van der Waals surface area contributed by atoms with E-state index in [1.165, 1.54) is 11.5 Å². The number of rotatable bonds is 2. The molecule has 3 N–H and O–H groups in total. The normalized spacial score (nSPS) is 12.1. The van der Waals surface area contributed by atoms with Crippen molar-refractivity contribution < 1.29 is 5.21 Å². The smallest absolute Gasteiger partial charge is 0.143 e. The largest absolute Gasteiger partial charge is 0.409 e. The summed E-state index contributed by atoms with van der Waals surface area (Å²) in [5.41, 5.74) is 6.48. The minimum atomic E-state index is 0.212. The Morgan fingerprint density at radius 1 is 1.57 bits per heavy atom. The van der Waals surface area contributed by atoms with Gasteiger partial charge in [-0.3, -0.25) is 0 Å². The molecule has 72 valence electrons. The molecule has 0 saturated carbocycles. The number of oxime groups is 1. The van der Waals surface area contributed by atoms with Crippen molar-refractivity contribution in [3.63, 3.8) is 0 Å². The first kappa shape index (κ1) is 8.96. The lowest BCUT2D eigenvalue weighted by molar-refractivity contribution is 0.317. The number of fused-ring (bicyclic) bond motifs is 1. The van der Waals surface area contributed by atoms with Crippen LogP contribution in [0.1, 0.15) is 5.56 Å². The number of hydrogen-bond donors (Lipinski definition) is 2. The van der Waals surface area contributed by atoms with Gasteiger partial charge >= 0.3 is 0 Å². The van der Waals surface area contributed by atoms with Gasteiger partial charge in [0.25, 0.3) is 0 Å². The molecule has 0 amide bonds. The zero-order chi connectivity index (χ0) is 9.97. The Bertz CT molecular complexity index is 478. The van der Waals surface area contributed by atoms with Crippen LogP contribution in [0.5, 0.6) is 0 Å². The molecular weight excluding hydrogens is 198 g/mol. The van der Waals surface area contributed by atoms with Gasteiger partial charge in [0.05, 0.1) is 4.70 Å². The third-order valence-electron chi connectivity index (χ3n) is 1.99. The maximum Gasteiger partial charge on any atom is 0.143 e. The van der Waals surface area contributed by atoms with Gasteiger partial charge < -0.3 is 10.9 Å². The summed E-state index contributed by atoms with van der Waals surface area (Å²) in [6.45, 7) is 0. The summed E-state index contributed by atoms with van der Waals surface area (Å²) in [6, 6.07) is 5.90. The van der Waals surface area contributed by atoms with E-state index in [1.54, 1.807) is 6.20 Å². The van der Waals surface area contributed by atoms with Crippen LogP contribution in [-0.4, -0.2) is 15.4 Å². The molecule has 0 unspecified atom stereocenters. The highest BCUT2D eigenvalue weighted by atomic mass is 32.1. The minimum absolute atomic E-state index is 0.212. The maximum absolute atomic E-state index is 8.47. The fourth-order valence-electron chi connectivity index (χ4n) is 1.34. The van der Waals surface area contributed by atoms with Gasteiger partial charge in [-0.15, -0.1) is 0 Å². The molecule has 1 heterocycles. The minimum Gasteiger partial charge on any atom is -0.409 e. The molecule has 0 aliphatic carbocycles. The van der Waals surface area contributed by atoms with Crippen LogP contribution < -0.4 is 5.73 Å². The maximum atomic E-state index is 8.47. The van der Waals surface area contributed by atoms with Gasteiger partial charge in [0.15, 0.2) is 0 Å². The molecular formula is C9H9N3OS. The van der Waals surface area contributed by atoms with Gasteiger partial charge in [0, 0.05) is 18.0 Å². The molecule has 4 nitrogen and oxygen atoms in total. The van der Waals surface area contributed by atoms with Crippen LogP contribution in [0.25, 0.3) is 10.1 Å². The van der Waals surface area contributed by atoms with E-state index in [4.69, 9.17) is 10.9 Å². The van der Waals surface area contributed by atoms with E-state index in [0.29, 0.717) is 6.42 Å². The summed E-state index contributed by atoms with van der Waals surface area (Å²) in [5, 5.41) is 12.5. The zero-order valence-electron chi connectivity index (χ0n) is 7.34. The fourth-order valence-corrected chi connectivity index (χ4v) is 2.03. The first-order valence-corrected chi connectivity index (χ1v) is 4.87. The van der Waals surface area contributed by atoms with E-state index >= 15 is 0 Å². The molecule has 5 heteroatoms. The van der Waals surface area contributed by atoms with E-state index in [2.05, 4.69) is 9.53 Å². The Balaban J connectivity index is 2.46. The Morgan fingerprint density at radius 3 is 3.21 bits per heavy atom. The third kappa shape index (κ3) is 1.54. The van der Waals surface area contributed by atoms with E-state index in [9.17, 15) is 0 Å². The molecule has 0 spiro atoms. The van der Waals surface area contributed by atoms with Crippen molar-refractivity contribution in [2.24, 2.45) is 10.9 Å². The summed E-state index contributed by atoms with van der Waals surface area (Å²) in [4.78, 5) is 0. The van der Waals surface area contributed by atoms with Gasteiger partial charge in [0.1, 0.15) is 5.84 Å². The van der Waals surface area contributed by atoms with Crippen molar-refractivity contribution in [3.8, 4) is 0 Å². The second-order valence-corrected chi connectivity index (χ2v) is 3.76. The van der Waals surface area contributed by atoms with Crippen LogP contribution in [0.3, 0.4) is 0 Å². The molecule has 0 aliphatic rings. The summed E-state index contributed by atoms with van der Waals surface area (Å²) in [6.07, 6.45) is 2.26. The Kier molecular flexibility index (Phi) is 2.32. The van der Waals surface area contributed by atoms with Gasteiger partial charge in [-0.25, -0.2) is 0 Å². The summed E-state index contributed by atoms with van der Waals surface area (Å²) in [7, 11) is 0. The highest BCUT2D eigenvalue weighted by molar-refractivity contribution is 7.13. The highest BCUT2D eigenvalue weighted by Crippen LogP contribution is 2.21. The molecule has 1 aromatic heterocycles. The van der Waals surface area contributed by atoms with Gasteiger partial charge in [0.2, 0.25) is 0 Å². The highest BCUT2D eigenvalue weighted by Gasteiger charge is 2.04. The summed E-state index contributed by atoms with van der Waals surface area (Å²) < 4.78 is 5.21. The van der Waals surface area contributed by atoms with E-state index in [0.717, 1.165) is 15.6 Å². The zero-order valence-corrected chi connectivity index (χ0v) is 8.16. The third-order valence-corrected chi connectivity index (χ3v) is 2.75. The second-order valence-electron chi connectivity index (χ2n) is 2.92. The van der Waals surface area contributed by atoms with Crippen molar-refractivity contribution in [1.29, 1.82) is 0 Å². The molecule has 0 radical (unpaired) electrons. The molecule has 2 aromatic rings. The standard InChI is InChI=1S/C9H9N3OS/c10-9(12-13)4-6-2-1-3-8-7(6)5-11-14-8/h1-3,5,13H,4H2,(H2,10,12). The predicted molar refractivity (Wildman–Crippen MR) is 56.7 cm³/mol. The van der Waals surface area contributed by atoms with Crippen LogP contribution in [-0.2, 0) is 6.42 Å². The Morgan fingerprint density at radius 2 is 2.43 bits per heavy atom. The lowest BCUT2D eigenvalue weighted by Crippen LogP contribution is -2.14. The van der Waals surface area contributed by atoms with E-state index in [-0.39, 0.29) is 5.84 Å².